The number of nitrogens with one attached hydrogen (secondary N) is 1. The number of nitrogen functional groups attached to an aromatic ring is 1. The van der Waals surface area contributed by atoms with Crippen molar-refractivity contribution in [3.63, 3.8) is 0 Å². The van der Waals surface area contributed by atoms with Gasteiger partial charge in [-0.1, -0.05) is 6.07 Å². The number of nitrogens with two attached hydrogens (primary N) is 1. The third kappa shape index (κ3) is 3.53. The van der Waals surface area contributed by atoms with E-state index in [1.54, 1.807) is 19.1 Å². The highest BCUT2D eigenvalue weighted by atomic mass is 19.4. The van der Waals surface area contributed by atoms with E-state index >= 15 is 0 Å². The molecule has 0 heterocycles. The fraction of sp³-hybridized carbons (Fsp3) is 0.133. The number of aryl methyl sites for hydroxylation is 1. The molecule has 0 fully saturated rings. The fourth-order valence-electron chi connectivity index (χ4n) is 1.91. The van der Waals surface area contributed by atoms with E-state index in [4.69, 9.17) is 5.73 Å². The molecular formula is C15H13F3N2O. The molecule has 2 rings (SSSR count). The zero-order valence-electron chi connectivity index (χ0n) is 11.2. The third-order valence-corrected chi connectivity index (χ3v) is 2.94. The van der Waals surface area contributed by atoms with Crippen molar-refractivity contribution in [2.75, 3.05) is 11.1 Å². The maximum Gasteiger partial charge on any atom is 0.416 e. The van der Waals surface area contributed by atoms with Crippen LogP contribution >= 0.6 is 0 Å². The lowest BCUT2D eigenvalue weighted by Crippen LogP contribution is -2.14. The van der Waals surface area contributed by atoms with Crippen LogP contribution in [0.3, 0.4) is 0 Å². The van der Waals surface area contributed by atoms with Gasteiger partial charge in [0.15, 0.2) is 0 Å². The quantitative estimate of drug-likeness (QED) is 0.827. The maximum absolute atomic E-state index is 12.6. The maximum atomic E-state index is 12.6. The Balaban J connectivity index is 2.24. The summed E-state index contributed by atoms with van der Waals surface area (Å²) in [7, 11) is 0. The average Bonchev–Trinajstić information content (AvgIpc) is 2.37. The second kappa shape index (κ2) is 5.47. The van der Waals surface area contributed by atoms with E-state index in [1.807, 2.05) is 0 Å². The number of anilines is 2. The minimum absolute atomic E-state index is 0.0889. The Morgan fingerprint density at radius 3 is 2.48 bits per heavy atom. The lowest BCUT2D eigenvalue weighted by Gasteiger charge is -2.11. The molecule has 0 saturated carbocycles. The van der Waals surface area contributed by atoms with E-state index in [0.29, 0.717) is 16.8 Å². The predicted molar refractivity (Wildman–Crippen MR) is 75.0 cm³/mol. The van der Waals surface area contributed by atoms with Crippen molar-refractivity contribution in [1.29, 1.82) is 0 Å². The lowest BCUT2D eigenvalue weighted by molar-refractivity contribution is -0.137. The summed E-state index contributed by atoms with van der Waals surface area (Å²) < 4.78 is 37.8. The molecule has 21 heavy (non-hydrogen) atoms. The van der Waals surface area contributed by atoms with Crippen molar-refractivity contribution in [3.8, 4) is 0 Å². The number of alkyl halides is 3. The number of carbonyl (C=O) groups excluding carboxylic acids is 1. The van der Waals surface area contributed by atoms with Crippen LogP contribution in [0.25, 0.3) is 0 Å². The minimum atomic E-state index is -4.45. The molecule has 2 aromatic carbocycles. The SMILES string of the molecule is Cc1cc(N)ccc1C(=O)Nc1cccc(C(F)(F)F)c1. The Labute approximate surface area is 119 Å². The molecule has 0 aliphatic rings. The van der Waals surface area contributed by atoms with Crippen molar-refractivity contribution in [2.24, 2.45) is 0 Å². The highest BCUT2D eigenvalue weighted by Crippen LogP contribution is 2.30. The molecule has 3 N–H and O–H groups in total. The smallest absolute Gasteiger partial charge is 0.399 e. The molecule has 3 nitrogen and oxygen atoms in total. The van der Waals surface area contributed by atoms with E-state index in [9.17, 15) is 18.0 Å². The molecule has 6 heteroatoms. The van der Waals surface area contributed by atoms with Gasteiger partial charge >= 0.3 is 6.18 Å². The topological polar surface area (TPSA) is 55.1 Å². The molecule has 0 spiro atoms. The number of amides is 1. The summed E-state index contributed by atoms with van der Waals surface area (Å²) in [5.41, 5.74) is 6.40. The van der Waals surface area contributed by atoms with E-state index in [1.165, 1.54) is 18.2 Å². The van der Waals surface area contributed by atoms with Crippen molar-refractivity contribution in [2.45, 2.75) is 13.1 Å². The zero-order valence-corrected chi connectivity index (χ0v) is 11.2. The number of rotatable bonds is 2. The summed E-state index contributed by atoms with van der Waals surface area (Å²) in [6, 6.07) is 9.21. The first-order valence-electron chi connectivity index (χ1n) is 6.12. The van der Waals surface area contributed by atoms with Gasteiger partial charge in [0.05, 0.1) is 5.56 Å². The summed E-state index contributed by atoms with van der Waals surface area (Å²) in [4.78, 5) is 12.1. The van der Waals surface area contributed by atoms with E-state index < -0.39 is 17.6 Å². The van der Waals surface area contributed by atoms with Crippen LogP contribution in [0.5, 0.6) is 0 Å². The Bertz CT molecular complexity index is 681. The van der Waals surface area contributed by atoms with Crippen LogP contribution in [-0.2, 0) is 6.18 Å². The molecule has 2 aromatic rings. The van der Waals surface area contributed by atoms with Crippen LogP contribution in [0.1, 0.15) is 21.5 Å². The Hall–Kier alpha value is -2.50. The number of hydrogen-bond acceptors (Lipinski definition) is 2. The first kappa shape index (κ1) is 14.9. The first-order valence-corrected chi connectivity index (χ1v) is 6.12. The number of benzene rings is 2. The van der Waals surface area contributed by atoms with E-state index in [0.717, 1.165) is 12.1 Å². The molecule has 0 aliphatic carbocycles. The van der Waals surface area contributed by atoms with Gasteiger partial charge in [0.1, 0.15) is 0 Å². The lowest BCUT2D eigenvalue weighted by atomic mass is 10.1. The van der Waals surface area contributed by atoms with Crippen molar-refractivity contribution in [3.05, 3.63) is 59.2 Å². The van der Waals surface area contributed by atoms with Gasteiger partial charge in [-0.15, -0.1) is 0 Å². The second-order valence-corrected chi connectivity index (χ2v) is 4.61. The number of hydrogen-bond donors (Lipinski definition) is 2. The average molecular weight is 294 g/mol. The highest BCUT2D eigenvalue weighted by molar-refractivity contribution is 6.05. The molecule has 0 aliphatic heterocycles. The van der Waals surface area contributed by atoms with Gasteiger partial charge in [-0.05, 0) is 48.9 Å². The molecule has 110 valence electrons. The van der Waals surface area contributed by atoms with Crippen LogP contribution < -0.4 is 11.1 Å². The monoisotopic (exact) mass is 294 g/mol. The van der Waals surface area contributed by atoms with Gasteiger partial charge in [0, 0.05) is 16.9 Å². The second-order valence-electron chi connectivity index (χ2n) is 4.61. The Morgan fingerprint density at radius 2 is 1.86 bits per heavy atom. The van der Waals surface area contributed by atoms with Crippen LogP contribution in [0, 0.1) is 6.92 Å². The predicted octanol–water partition coefficient (Wildman–Crippen LogP) is 3.85. The van der Waals surface area contributed by atoms with Crippen LogP contribution in [0.15, 0.2) is 42.5 Å². The molecule has 0 aromatic heterocycles. The van der Waals surface area contributed by atoms with Gasteiger partial charge in [-0.25, -0.2) is 0 Å². The Morgan fingerprint density at radius 1 is 1.14 bits per heavy atom. The van der Waals surface area contributed by atoms with Gasteiger partial charge in [0.25, 0.3) is 5.91 Å². The van der Waals surface area contributed by atoms with Crippen molar-refractivity contribution < 1.29 is 18.0 Å². The highest BCUT2D eigenvalue weighted by Gasteiger charge is 2.30. The number of carbonyl (C=O) groups is 1. The van der Waals surface area contributed by atoms with Crippen molar-refractivity contribution in [1.82, 2.24) is 0 Å². The summed E-state index contributed by atoms with van der Waals surface area (Å²) in [5, 5.41) is 2.45. The molecule has 0 radical (unpaired) electrons. The molecule has 1 amide bonds. The standard InChI is InChI=1S/C15H13F3N2O/c1-9-7-11(19)5-6-13(9)14(21)20-12-4-2-3-10(8-12)15(16,17)18/h2-8H,19H2,1H3,(H,20,21). The Kier molecular flexibility index (Phi) is 3.88. The zero-order chi connectivity index (χ0) is 15.6. The molecule has 0 unspecified atom stereocenters. The summed E-state index contributed by atoms with van der Waals surface area (Å²) in [6.45, 7) is 1.71. The van der Waals surface area contributed by atoms with Gasteiger partial charge < -0.3 is 11.1 Å². The van der Waals surface area contributed by atoms with Gasteiger partial charge in [-0.3, -0.25) is 4.79 Å². The van der Waals surface area contributed by atoms with E-state index in [-0.39, 0.29) is 5.69 Å². The molecule has 0 saturated heterocycles. The van der Waals surface area contributed by atoms with Gasteiger partial charge in [0.2, 0.25) is 0 Å². The normalized spacial score (nSPS) is 11.2. The van der Waals surface area contributed by atoms with Crippen molar-refractivity contribution >= 4 is 17.3 Å². The molecular weight excluding hydrogens is 281 g/mol. The van der Waals surface area contributed by atoms with Gasteiger partial charge in [-0.2, -0.15) is 13.2 Å². The summed E-state index contributed by atoms with van der Waals surface area (Å²) >= 11 is 0. The van der Waals surface area contributed by atoms with Crippen LogP contribution in [0.4, 0.5) is 24.5 Å². The van der Waals surface area contributed by atoms with E-state index in [2.05, 4.69) is 5.32 Å². The fourth-order valence-corrected chi connectivity index (χ4v) is 1.91. The summed E-state index contributed by atoms with van der Waals surface area (Å²) in [5.74, 6) is -0.480. The molecule has 0 bridgehead atoms. The largest absolute Gasteiger partial charge is 0.416 e. The van der Waals surface area contributed by atoms with Crippen LogP contribution in [-0.4, -0.2) is 5.91 Å². The summed E-state index contributed by atoms with van der Waals surface area (Å²) in [6.07, 6.45) is -4.45. The van der Waals surface area contributed by atoms with Crippen LogP contribution in [0.2, 0.25) is 0 Å². The first-order chi connectivity index (χ1) is 9.77. The molecule has 0 atom stereocenters. The third-order valence-electron chi connectivity index (χ3n) is 2.94. The number of halogens is 3. The minimum Gasteiger partial charge on any atom is -0.399 e.